The molecule has 2 heteroatoms. The first-order chi connectivity index (χ1) is 14.7. The van der Waals surface area contributed by atoms with Crippen molar-refractivity contribution in [2.45, 2.75) is 98.0 Å². The number of aliphatic hydroxyl groups is 2. The summed E-state index contributed by atoms with van der Waals surface area (Å²) in [6.07, 6.45) is 17.0. The fourth-order valence-corrected chi connectivity index (χ4v) is 9.04. The predicted octanol–water partition coefficient (Wildman–Crippen LogP) is 6.77. The van der Waals surface area contributed by atoms with E-state index in [1.807, 2.05) is 0 Å². The Balaban J connectivity index is 1.46. The van der Waals surface area contributed by atoms with Crippen molar-refractivity contribution < 1.29 is 10.2 Å². The zero-order valence-corrected chi connectivity index (χ0v) is 20.7. The average molecular weight is 429 g/mol. The van der Waals surface area contributed by atoms with Crippen molar-refractivity contribution in [2.24, 2.45) is 52.3 Å². The maximum Gasteiger partial charge on any atom is 0.0577 e. The number of aliphatic hydroxyl groups excluding tert-OH is 2. The normalized spacial score (nSPS) is 45.0. The molecule has 0 aromatic heterocycles. The molecule has 0 saturated heterocycles. The second-order valence-corrected chi connectivity index (χ2v) is 12.5. The molecule has 31 heavy (non-hydrogen) atoms. The van der Waals surface area contributed by atoms with E-state index in [2.05, 4.69) is 46.4 Å². The van der Waals surface area contributed by atoms with Gasteiger partial charge in [-0.15, -0.1) is 6.58 Å². The van der Waals surface area contributed by atoms with Crippen LogP contribution in [0, 0.1) is 52.3 Å². The largest absolute Gasteiger partial charge is 0.396 e. The van der Waals surface area contributed by atoms with Crippen molar-refractivity contribution in [3.63, 3.8) is 0 Å². The highest BCUT2D eigenvalue weighted by molar-refractivity contribution is 5.25. The van der Waals surface area contributed by atoms with Crippen LogP contribution in [-0.4, -0.2) is 22.9 Å². The molecule has 2 unspecified atom stereocenters. The van der Waals surface area contributed by atoms with E-state index >= 15 is 0 Å². The highest BCUT2D eigenvalue weighted by Crippen LogP contribution is 2.67. The first-order valence-electron chi connectivity index (χ1n) is 13.4. The van der Waals surface area contributed by atoms with Crippen molar-refractivity contribution in [1.29, 1.82) is 0 Å². The van der Waals surface area contributed by atoms with Gasteiger partial charge in [0.2, 0.25) is 0 Å². The van der Waals surface area contributed by atoms with Gasteiger partial charge in [-0.1, -0.05) is 45.4 Å². The molecule has 0 aromatic rings. The molecule has 4 rings (SSSR count). The van der Waals surface area contributed by atoms with Gasteiger partial charge in [0.15, 0.2) is 0 Å². The van der Waals surface area contributed by atoms with E-state index in [0.717, 1.165) is 42.4 Å². The maximum atomic E-state index is 10.2. The number of allylic oxidation sites excluding steroid dienone is 2. The van der Waals surface area contributed by atoms with E-state index in [-0.39, 0.29) is 12.7 Å². The molecule has 0 radical (unpaired) electrons. The fraction of sp³-hybridized carbons (Fsp3) is 0.862. The van der Waals surface area contributed by atoms with Crippen molar-refractivity contribution in [1.82, 2.24) is 0 Å². The van der Waals surface area contributed by atoms with Gasteiger partial charge in [-0.3, -0.25) is 0 Å². The molecule has 0 aliphatic heterocycles. The summed E-state index contributed by atoms with van der Waals surface area (Å²) in [5, 5.41) is 19.8. The van der Waals surface area contributed by atoms with Crippen molar-refractivity contribution in [3.8, 4) is 0 Å². The Morgan fingerprint density at radius 2 is 1.87 bits per heavy atom. The van der Waals surface area contributed by atoms with Crippen LogP contribution in [0.1, 0.15) is 91.9 Å². The Labute approximate surface area is 191 Å². The Morgan fingerprint density at radius 3 is 2.58 bits per heavy atom. The minimum absolute atomic E-state index is 0.102. The lowest BCUT2D eigenvalue weighted by Gasteiger charge is -2.58. The van der Waals surface area contributed by atoms with E-state index < -0.39 is 0 Å². The summed E-state index contributed by atoms with van der Waals surface area (Å²) in [6.45, 7) is 14.2. The van der Waals surface area contributed by atoms with E-state index in [1.54, 1.807) is 5.57 Å². The summed E-state index contributed by atoms with van der Waals surface area (Å²) >= 11 is 0. The lowest BCUT2D eigenvalue weighted by atomic mass is 9.47. The fourth-order valence-electron chi connectivity index (χ4n) is 9.04. The first-order valence-corrected chi connectivity index (χ1v) is 13.4. The summed E-state index contributed by atoms with van der Waals surface area (Å²) in [4.78, 5) is 0. The van der Waals surface area contributed by atoms with Gasteiger partial charge in [0.05, 0.1) is 6.10 Å². The van der Waals surface area contributed by atoms with Crippen molar-refractivity contribution >= 4 is 0 Å². The third-order valence-electron chi connectivity index (χ3n) is 11.1. The Kier molecular flexibility index (Phi) is 6.82. The Bertz CT molecular complexity index is 682. The molecule has 3 fully saturated rings. The number of hydrogen-bond acceptors (Lipinski definition) is 2. The summed E-state index contributed by atoms with van der Waals surface area (Å²) in [7, 11) is 0. The zero-order chi connectivity index (χ0) is 22.4. The Hall–Kier alpha value is -0.600. The van der Waals surface area contributed by atoms with Crippen LogP contribution in [0.2, 0.25) is 0 Å². The molecule has 0 amide bonds. The highest BCUT2D eigenvalue weighted by atomic mass is 16.3. The van der Waals surface area contributed by atoms with Crippen LogP contribution >= 0.6 is 0 Å². The second kappa shape index (κ2) is 8.98. The average Bonchev–Trinajstić information content (AvgIpc) is 3.11. The monoisotopic (exact) mass is 428 g/mol. The minimum Gasteiger partial charge on any atom is -0.396 e. The SMILES string of the molecule is C=CC(CC[C@@H](C)[C@H]1CC[C@H]2[C@@H]3CC=C4C[C@@H](O)CC[C@]4(C)[C@H]3CC[C@]12C)C(C)CO. The van der Waals surface area contributed by atoms with Gasteiger partial charge in [0.25, 0.3) is 0 Å². The second-order valence-electron chi connectivity index (χ2n) is 12.5. The predicted molar refractivity (Wildman–Crippen MR) is 130 cm³/mol. The third kappa shape index (κ3) is 3.99. The topological polar surface area (TPSA) is 40.5 Å². The molecule has 0 spiro atoms. The molecule has 2 nitrogen and oxygen atoms in total. The van der Waals surface area contributed by atoms with Crippen LogP contribution in [0.15, 0.2) is 24.3 Å². The molecule has 0 heterocycles. The van der Waals surface area contributed by atoms with Crippen LogP contribution in [0.5, 0.6) is 0 Å². The quantitative estimate of drug-likeness (QED) is 0.439. The van der Waals surface area contributed by atoms with Crippen molar-refractivity contribution in [2.75, 3.05) is 6.61 Å². The Morgan fingerprint density at radius 1 is 1.10 bits per heavy atom. The van der Waals surface area contributed by atoms with Gasteiger partial charge >= 0.3 is 0 Å². The number of fused-ring (bicyclic) bond motifs is 5. The number of rotatable bonds is 7. The van der Waals surface area contributed by atoms with Gasteiger partial charge in [-0.2, -0.15) is 0 Å². The third-order valence-corrected chi connectivity index (χ3v) is 11.1. The summed E-state index contributed by atoms with van der Waals surface area (Å²) in [5.41, 5.74) is 2.44. The van der Waals surface area contributed by atoms with Gasteiger partial charge in [-0.05, 0) is 116 Å². The maximum absolute atomic E-state index is 10.2. The summed E-state index contributed by atoms with van der Waals surface area (Å²) in [6, 6.07) is 0. The van der Waals surface area contributed by atoms with E-state index in [1.165, 1.54) is 51.4 Å². The zero-order valence-electron chi connectivity index (χ0n) is 20.7. The molecule has 4 aliphatic carbocycles. The molecule has 2 N–H and O–H groups in total. The summed E-state index contributed by atoms with van der Waals surface area (Å²) < 4.78 is 0. The molecule has 176 valence electrons. The van der Waals surface area contributed by atoms with E-state index in [4.69, 9.17) is 0 Å². The number of hydrogen-bond donors (Lipinski definition) is 2. The van der Waals surface area contributed by atoms with E-state index in [9.17, 15) is 10.2 Å². The molecule has 0 aromatic carbocycles. The lowest BCUT2D eigenvalue weighted by Crippen LogP contribution is -2.50. The summed E-state index contributed by atoms with van der Waals surface area (Å²) in [5.74, 6) is 4.95. The standard InChI is InChI=1S/C29H48O2/c1-6-21(20(3)18-30)8-7-19(2)25-11-12-26-24-10-9-22-17-23(31)13-15-28(22,4)27(24)14-16-29(25,26)5/h6,9,19-21,23-27,30-31H,1,7-8,10-18H2,2-5H3/t19-,20?,21?,23+,24+,25-,26+,27+,28+,29-/m1/s1. The smallest absolute Gasteiger partial charge is 0.0577 e. The molecule has 3 saturated carbocycles. The molecule has 10 atom stereocenters. The van der Waals surface area contributed by atoms with Crippen LogP contribution in [0.25, 0.3) is 0 Å². The first kappa shape index (κ1) is 23.6. The molecule has 0 bridgehead atoms. The van der Waals surface area contributed by atoms with Gasteiger partial charge in [-0.25, -0.2) is 0 Å². The van der Waals surface area contributed by atoms with Crippen LogP contribution < -0.4 is 0 Å². The van der Waals surface area contributed by atoms with E-state index in [0.29, 0.717) is 22.7 Å². The van der Waals surface area contributed by atoms with Gasteiger partial charge in [0.1, 0.15) is 0 Å². The van der Waals surface area contributed by atoms with Gasteiger partial charge in [0, 0.05) is 6.61 Å². The molecular weight excluding hydrogens is 380 g/mol. The lowest BCUT2D eigenvalue weighted by molar-refractivity contribution is -0.0574. The molecular formula is C29H48O2. The van der Waals surface area contributed by atoms with Crippen LogP contribution in [0.3, 0.4) is 0 Å². The molecule has 4 aliphatic rings. The highest BCUT2D eigenvalue weighted by Gasteiger charge is 2.59. The van der Waals surface area contributed by atoms with Crippen LogP contribution in [-0.2, 0) is 0 Å². The van der Waals surface area contributed by atoms with Crippen LogP contribution in [0.4, 0.5) is 0 Å². The van der Waals surface area contributed by atoms with Crippen molar-refractivity contribution in [3.05, 3.63) is 24.3 Å². The van der Waals surface area contributed by atoms with Gasteiger partial charge < -0.3 is 10.2 Å². The minimum atomic E-state index is -0.102.